The summed E-state index contributed by atoms with van der Waals surface area (Å²) in [7, 11) is -2.74. The predicted molar refractivity (Wildman–Crippen MR) is 63.6 cm³/mol. The minimum atomic E-state index is -3.96. The first-order valence-corrected chi connectivity index (χ1v) is 7.23. The van der Waals surface area contributed by atoms with Crippen molar-refractivity contribution in [2.45, 2.75) is 11.9 Å². The summed E-state index contributed by atoms with van der Waals surface area (Å²) in [5, 5.41) is 9.10. The van der Waals surface area contributed by atoms with Gasteiger partial charge in [-0.1, -0.05) is 11.6 Å². The lowest BCUT2D eigenvalue weighted by molar-refractivity contribution is -0.146. The molecule has 1 atom stereocenters. The number of carbonyl (C=O) groups is 2. The van der Waals surface area contributed by atoms with E-state index in [4.69, 9.17) is 16.7 Å². The number of halogens is 1. The fourth-order valence-corrected chi connectivity index (χ4v) is 2.28. The minimum Gasteiger partial charge on any atom is -0.476 e. The molecular formula is C9H12ClNO7S. The van der Waals surface area contributed by atoms with Gasteiger partial charge in [-0.2, -0.15) is 8.42 Å². The fourth-order valence-electron chi connectivity index (χ4n) is 1.44. The molecule has 1 rings (SSSR count). The second kappa shape index (κ2) is 5.76. The molecule has 0 spiro atoms. The molecule has 1 N–H and O–H groups in total. The molecule has 0 saturated carbocycles. The van der Waals surface area contributed by atoms with Crippen LogP contribution < -0.4 is 0 Å². The van der Waals surface area contributed by atoms with Crippen LogP contribution in [0.25, 0.3) is 0 Å². The second-order valence-corrected chi connectivity index (χ2v) is 5.78. The quantitative estimate of drug-likeness (QED) is 0.179. The van der Waals surface area contributed by atoms with Crippen LogP contribution in [0.15, 0.2) is 11.5 Å². The molecule has 1 saturated heterocycles. The molecule has 10 heteroatoms. The van der Waals surface area contributed by atoms with E-state index in [-0.39, 0.29) is 6.42 Å². The smallest absolute Gasteiger partial charge is 0.356 e. The zero-order valence-corrected chi connectivity index (χ0v) is 11.7. The third-order valence-electron chi connectivity index (χ3n) is 2.13. The number of nitrogens with zero attached hydrogens (tertiary/aromatic N) is 1. The normalized spacial score (nSPS) is 20.7. The molecule has 1 amide bonds. The SMILES string of the molecule is COCC(OS(C)(=O)=O)=C(C(=O)O)N1C(=O)CC1Cl. The van der Waals surface area contributed by atoms with Crippen molar-refractivity contribution in [3.05, 3.63) is 11.5 Å². The number of β-lactam (4-membered cyclic amide) rings is 1. The monoisotopic (exact) mass is 313 g/mol. The van der Waals surface area contributed by atoms with Crippen molar-refractivity contribution >= 4 is 33.6 Å². The van der Waals surface area contributed by atoms with Crippen molar-refractivity contribution in [1.82, 2.24) is 4.90 Å². The van der Waals surface area contributed by atoms with Gasteiger partial charge >= 0.3 is 16.1 Å². The van der Waals surface area contributed by atoms with E-state index >= 15 is 0 Å². The van der Waals surface area contributed by atoms with Gasteiger partial charge in [0.25, 0.3) is 0 Å². The van der Waals surface area contributed by atoms with Crippen molar-refractivity contribution in [1.29, 1.82) is 0 Å². The number of carboxylic acids is 1. The number of hydrogen-bond donors (Lipinski definition) is 1. The highest BCUT2D eigenvalue weighted by Gasteiger charge is 2.42. The summed E-state index contributed by atoms with van der Waals surface area (Å²) in [6, 6.07) is 0. The van der Waals surface area contributed by atoms with Crippen LogP contribution in [0, 0.1) is 0 Å². The number of rotatable bonds is 6. The third-order valence-corrected chi connectivity index (χ3v) is 2.98. The van der Waals surface area contributed by atoms with Crippen molar-refractivity contribution < 1.29 is 32.0 Å². The Morgan fingerprint density at radius 1 is 1.58 bits per heavy atom. The molecule has 0 aliphatic carbocycles. The summed E-state index contributed by atoms with van der Waals surface area (Å²) in [6.07, 6.45) is 0.718. The Bertz CT molecular complexity index is 527. The van der Waals surface area contributed by atoms with Gasteiger partial charge in [0, 0.05) is 7.11 Å². The largest absolute Gasteiger partial charge is 0.476 e. The maximum atomic E-state index is 11.4. The Hall–Kier alpha value is -1.32. The average molecular weight is 314 g/mol. The summed E-state index contributed by atoms with van der Waals surface area (Å²) in [4.78, 5) is 23.3. The van der Waals surface area contributed by atoms with Gasteiger partial charge in [0.15, 0.2) is 11.5 Å². The van der Waals surface area contributed by atoms with E-state index in [2.05, 4.69) is 8.92 Å². The van der Waals surface area contributed by atoms with Gasteiger partial charge in [-0.15, -0.1) is 0 Å². The van der Waals surface area contributed by atoms with Crippen molar-refractivity contribution in [3.8, 4) is 0 Å². The minimum absolute atomic E-state index is 0.0303. The number of likely N-dealkylation sites (tertiary alicyclic amines) is 1. The Morgan fingerprint density at radius 3 is 2.47 bits per heavy atom. The van der Waals surface area contributed by atoms with Gasteiger partial charge in [-0.05, 0) is 0 Å². The van der Waals surface area contributed by atoms with Crippen LogP contribution in [0.4, 0.5) is 0 Å². The van der Waals surface area contributed by atoms with E-state index in [1.807, 2.05) is 0 Å². The van der Waals surface area contributed by atoms with E-state index in [0.717, 1.165) is 11.2 Å². The molecule has 0 aromatic carbocycles. The van der Waals surface area contributed by atoms with E-state index in [1.54, 1.807) is 0 Å². The maximum Gasteiger partial charge on any atom is 0.356 e. The fraction of sp³-hybridized carbons (Fsp3) is 0.556. The van der Waals surface area contributed by atoms with Crippen molar-refractivity contribution in [2.24, 2.45) is 0 Å². The Labute approximate surface area is 114 Å². The van der Waals surface area contributed by atoms with Gasteiger partial charge in [0.1, 0.15) is 12.1 Å². The molecule has 1 unspecified atom stereocenters. The number of carbonyl (C=O) groups excluding carboxylic acids is 1. The highest BCUT2D eigenvalue weighted by atomic mass is 35.5. The predicted octanol–water partition coefficient (Wildman–Crippen LogP) is -0.298. The van der Waals surface area contributed by atoms with Gasteiger partial charge in [0.05, 0.1) is 12.7 Å². The summed E-state index contributed by atoms with van der Waals surface area (Å²) in [6.45, 7) is -0.428. The molecule has 0 aromatic heterocycles. The van der Waals surface area contributed by atoms with Gasteiger partial charge in [-0.25, -0.2) is 4.79 Å². The molecule has 108 valence electrons. The van der Waals surface area contributed by atoms with Crippen LogP contribution in [-0.2, 0) is 28.6 Å². The second-order valence-electron chi connectivity index (χ2n) is 3.70. The molecule has 1 heterocycles. The molecule has 0 aromatic rings. The van der Waals surface area contributed by atoms with Gasteiger partial charge in [-0.3, -0.25) is 9.69 Å². The van der Waals surface area contributed by atoms with Crippen LogP contribution in [0.3, 0.4) is 0 Å². The summed E-state index contributed by atoms with van der Waals surface area (Å²) in [5.74, 6) is -2.58. The van der Waals surface area contributed by atoms with Crippen LogP contribution in [0.2, 0.25) is 0 Å². The molecule has 8 nitrogen and oxygen atoms in total. The van der Waals surface area contributed by atoms with Crippen LogP contribution in [0.1, 0.15) is 6.42 Å². The summed E-state index contributed by atoms with van der Waals surface area (Å²) < 4.78 is 31.4. The Morgan fingerprint density at radius 2 is 2.16 bits per heavy atom. The topological polar surface area (TPSA) is 110 Å². The van der Waals surface area contributed by atoms with Crippen LogP contribution in [-0.4, -0.2) is 55.8 Å². The van der Waals surface area contributed by atoms with Gasteiger partial charge < -0.3 is 14.0 Å². The molecule has 0 radical (unpaired) electrons. The van der Waals surface area contributed by atoms with E-state index in [1.165, 1.54) is 7.11 Å². The third kappa shape index (κ3) is 3.82. The lowest BCUT2D eigenvalue weighted by Gasteiger charge is -2.36. The number of alkyl halides is 1. The van der Waals surface area contributed by atoms with Gasteiger partial charge in [0.2, 0.25) is 5.91 Å². The first kappa shape index (κ1) is 15.7. The number of ether oxygens (including phenoxy) is 1. The number of hydrogen-bond acceptors (Lipinski definition) is 6. The molecular weight excluding hydrogens is 302 g/mol. The molecule has 1 aliphatic rings. The highest BCUT2D eigenvalue weighted by molar-refractivity contribution is 7.86. The average Bonchev–Trinajstić information content (AvgIpc) is 2.23. The first-order chi connectivity index (χ1) is 8.67. The lowest BCUT2D eigenvalue weighted by Crippen LogP contribution is -2.51. The number of aliphatic carboxylic acids is 1. The van der Waals surface area contributed by atoms with Crippen LogP contribution >= 0.6 is 11.6 Å². The van der Waals surface area contributed by atoms with Crippen LogP contribution in [0.5, 0.6) is 0 Å². The van der Waals surface area contributed by atoms with E-state index in [9.17, 15) is 18.0 Å². The maximum absolute atomic E-state index is 11.4. The summed E-state index contributed by atoms with van der Waals surface area (Å²) >= 11 is 5.73. The van der Waals surface area contributed by atoms with Crippen molar-refractivity contribution in [3.63, 3.8) is 0 Å². The molecule has 0 bridgehead atoms. The van der Waals surface area contributed by atoms with Crippen molar-refractivity contribution in [2.75, 3.05) is 20.0 Å². The zero-order valence-electron chi connectivity index (χ0n) is 10.1. The lowest BCUT2D eigenvalue weighted by atomic mass is 10.1. The molecule has 19 heavy (non-hydrogen) atoms. The Balaban J connectivity index is 3.25. The number of carboxylic acid groups (broad SMARTS) is 1. The zero-order chi connectivity index (χ0) is 14.8. The highest BCUT2D eigenvalue weighted by Crippen LogP contribution is 2.30. The molecule has 1 fully saturated rings. The number of methoxy groups -OCH3 is 1. The summed E-state index contributed by atoms with van der Waals surface area (Å²) in [5.41, 5.74) is -1.49. The van der Waals surface area contributed by atoms with E-state index < -0.39 is 45.6 Å². The number of amides is 1. The van der Waals surface area contributed by atoms with E-state index in [0.29, 0.717) is 0 Å². The Kier molecular flexibility index (Phi) is 4.77. The first-order valence-electron chi connectivity index (χ1n) is 4.98. The standard InChI is InChI=1S/C9H12ClNO7S/c1-17-4-5(18-19(2,15)16)8(9(13)14)11-6(10)3-7(11)12/h6H,3-4H2,1-2H3,(H,13,14). The molecule has 1 aliphatic heterocycles.